The van der Waals surface area contributed by atoms with E-state index < -0.39 is 34.8 Å². The van der Waals surface area contributed by atoms with Crippen LogP contribution in [-0.4, -0.2) is 5.97 Å². The molecule has 0 aliphatic heterocycles. The van der Waals surface area contributed by atoms with Crippen molar-refractivity contribution in [1.29, 1.82) is 0 Å². The summed E-state index contributed by atoms with van der Waals surface area (Å²) in [5.41, 5.74) is -0.203. The molecular weight excluding hydrogens is 384 g/mol. The Morgan fingerprint density at radius 1 is 0.862 bits per heavy atom. The van der Waals surface area contributed by atoms with Crippen LogP contribution in [0.3, 0.4) is 0 Å². The second kappa shape index (κ2) is 8.19. The van der Waals surface area contributed by atoms with Crippen LogP contribution in [0.2, 0.25) is 0 Å². The van der Waals surface area contributed by atoms with Crippen LogP contribution in [0, 0.1) is 42.0 Å². The summed E-state index contributed by atoms with van der Waals surface area (Å²) >= 11 is 0. The number of hydrogen-bond donors (Lipinski definition) is 0. The first-order valence-electron chi connectivity index (χ1n) is 8.50. The van der Waals surface area contributed by atoms with Crippen molar-refractivity contribution in [2.75, 3.05) is 0 Å². The normalized spacial score (nSPS) is 10.3. The smallest absolute Gasteiger partial charge is 0.346 e. The lowest BCUT2D eigenvalue weighted by Crippen LogP contribution is -2.11. The molecular formula is C23H14F4O2. The third-order valence-electron chi connectivity index (χ3n) is 4.10. The van der Waals surface area contributed by atoms with E-state index in [1.807, 2.05) is 0 Å². The van der Waals surface area contributed by atoms with Gasteiger partial charge in [0.05, 0.1) is 11.1 Å². The van der Waals surface area contributed by atoms with E-state index in [4.69, 9.17) is 4.74 Å². The van der Waals surface area contributed by atoms with E-state index in [-0.39, 0.29) is 22.4 Å². The molecule has 3 aromatic carbocycles. The second-order valence-electron chi connectivity index (χ2n) is 6.20. The quantitative estimate of drug-likeness (QED) is 0.241. The van der Waals surface area contributed by atoms with Crippen LogP contribution in [0.5, 0.6) is 5.75 Å². The van der Waals surface area contributed by atoms with Gasteiger partial charge in [0.2, 0.25) is 0 Å². The maximum atomic E-state index is 14.5. The monoisotopic (exact) mass is 398 g/mol. The average Bonchev–Trinajstić information content (AvgIpc) is 2.64. The highest BCUT2D eigenvalue weighted by atomic mass is 19.1. The molecule has 0 aromatic heterocycles. The summed E-state index contributed by atoms with van der Waals surface area (Å²) in [5, 5.41) is 0. The molecule has 0 atom stereocenters. The largest absolute Gasteiger partial charge is 0.423 e. The molecule has 146 valence electrons. The number of carbonyl (C=O) groups is 1. The van der Waals surface area contributed by atoms with E-state index in [0.29, 0.717) is 5.56 Å². The van der Waals surface area contributed by atoms with Crippen LogP contribution < -0.4 is 4.74 Å². The predicted molar refractivity (Wildman–Crippen MR) is 100 cm³/mol. The Bertz CT molecular complexity index is 1150. The lowest BCUT2D eigenvalue weighted by molar-refractivity contribution is 0.0729. The number of carbonyl (C=O) groups excluding carboxylic acids is 1. The topological polar surface area (TPSA) is 26.3 Å². The SMILES string of the molecule is CC#Cc1c(F)cc(-c2ccc(OC(=O)c3ccc(C)cc3F)cc2F)cc1F. The van der Waals surface area contributed by atoms with Gasteiger partial charge in [-0.25, -0.2) is 22.4 Å². The molecule has 0 bridgehead atoms. The molecule has 0 aliphatic rings. The van der Waals surface area contributed by atoms with Crippen molar-refractivity contribution in [1.82, 2.24) is 0 Å². The first-order chi connectivity index (χ1) is 13.8. The predicted octanol–water partition coefficient (Wildman–Crippen LogP) is 5.81. The van der Waals surface area contributed by atoms with Crippen LogP contribution in [0.4, 0.5) is 17.6 Å². The van der Waals surface area contributed by atoms with Gasteiger partial charge >= 0.3 is 5.97 Å². The van der Waals surface area contributed by atoms with E-state index in [2.05, 4.69) is 11.8 Å². The van der Waals surface area contributed by atoms with Crippen molar-refractivity contribution in [3.05, 3.63) is 88.5 Å². The van der Waals surface area contributed by atoms with Gasteiger partial charge in [0.1, 0.15) is 29.0 Å². The van der Waals surface area contributed by atoms with Gasteiger partial charge in [-0.3, -0.25) is 0 Å². The number of hydrogen-bond acceptors (Lipinski definition) is 2. The number of ether oxygens (including phenoxy) is 1. The maximum Gasteiger partial charge on any atom is 0.346 e. The zero-order valence-electron chi connectivity index (χ0n) is 15.4. The van der Waals surface area contributed by atoms with E-state index >= 15 is 0 Å². The summed E-state index contributed by atoms with van der Waals surface area (Å²) < 4.78 is 61.5. The van der Waals surface area contributed by atoms with E-state index in [1.54, 1.807) is 13.0 Å². The van der Waals surface area contributed by atoms with Gasteiger partial charge < -0.3 is 4.74 Å². The van der Waals surface area contributed by atoms with Crippen molar-refractivity contribution in [2.45, 2.75) is 13.8 Å². The van der Waals surface area contributed by atoms with E-state index in [9.17, 15) is 22.4 Å². The van der Waals surface area contributed by atoms with Gasteiger partial charge in [-0.05, 0) is 61.4 Å². The highest BCUT2D eigenvalue weighted by Crippen LogP contribution is 2.29. The lowest BCUT2D eigenvalue weighted by Gasteiger charge is -2.09. The standard InChI is InChI=1S/C23H14F4O2/c1-3-4-17-20(25)10-14(11-21(17)26)16-8-6-15(12-22(16)27)29-23(28)18-7-5-13(2)9-19(18)24/h5-12H,1-2H3. The first-order valence-corrected chi connectivity index (χ1v) is 8.50. The molecule has 0 radical (unpaired) electrons. The molecule has 0 heterocycles. The van der Waals surface area contributed by atoms with Crippen molar-refractivity contribution < 1.29 is 27.1 Å². The van der Waals surface area contributed by atoms with E-state index in [0.717, 1.165) is 18.2 Å². The Morgan fingerprint density at radius 3 is 2.14 bits per heavy atom. The Hall–Kier alpha value is -3.59. The molecule has 0 N–H and O–H groups in total. The summed E-state index contributed by atoms with van der Waals surface area (Å²) in [6.07, 6.45) is 0. The summed E-state index contributed by atoms with van der Waals surface area (Å²) in [7, 11) is 0. The molecule has 0 spiro atoms. The van der Waals surface area contributed by atoms with Crippen LogP contribution in [0.15, 0.2) is 48.5 Å². The maximum absolute atomic E-state index is 14.5. The fraction of sp³-hybridized carbons (Fsp3) is 0.0870. The van der Waals surface area contributed by atoms with Gasteiger partial charge in [0.25, 0.3) is 0 Å². The molecule has 3 rings (SSSR count). The minimum Gasteiger partial charge on any atom is -0.423 e. The molecule has 0 unspecified atom stereocenters. The Labute approximate surface area is 164 Å². The number of aryl methyl sites for hydroxylation is 1. The van der Waals surface area contributed by atoms with Crippen molar-refractivity contribution >= 4 is 5.97 Å². The number of halogens is 4. The fourth-order valence-corrected chi connectivity index (χ4v) is 2.71. The van der Waals surface area contributed by atoms with Crippen LogP contribution >= 0.6 is 0 Å². The van der Waals surface area contributed by atoms with Crippen molar-refractivity contribution in [3.63, 3.8) is 0 Å². The summed E-state index contributed by atoms with van der Waals surface area (Å²) in [5.74, 6) is 0.0871. The molecule has 0 saturated heterocycles. The summed E-state index contributed by atoms with van der Waals surface area (Å²) in [4.78, 5) is 12.1. The fourth-order valence-electron chi connectivity index (χ4n) is 2.71. The molecule has 0 saturated carbocycles. The zero-order chi connectivity index (χ0) is 21.1. The molecule has 3 aromatic rings. The Kier molecular flexibility index (Phi) is 5.69. The molecule has 6 heteroatoms. The molecule has 0 aliphatic carbocycles. The average molecular weight is 398 g/mol. The Balaban J connectivity index is 1.89. The zero-order valence-corrected chi connectivity index (χ0v) is 15.4. The van der Waals surface area contributed by atoms with Crippen LogP contribution in [0.1, 0.15) is 28.4 Å². The van der Waals surface area contributed by atoms with E-state index in [1.165, 1.54) is 31.2 Å². The molecule has 2 nitrogen and oxygen atoms in total. The third-order valence-corrected chi connectivity index (χ3v) is 4.10. The van der Waals surface area contributed by atoms with Crippen LogP contribution in [-0.2, 0) is 0 Å². The Morgan fingerprint density at radius 2 is 1.55 bits per heavy atom. The van der Waals surface area contributed by atoms with Gasteiger partial charge in [-0.1, -0.05) is 12.0 Å². The number of benzene rings is 3. The van der Waals surface area contributed by atoms with Gasteiger partial charge in [0.15, 0.2) is 0 Å². The highest BCUT2D eigenvalue weighted by molar-refractivity contribution is 5.91. The number of esters is 1. The van der Waals surface area contributed by atoms with Gasteiger partial charge in [0, 0.05) is 11.6 Å². The van der Waals surface area contributed by atoms with Crippen molar-refractivity contribution in [2.24, 2.45) is 0 Å². The van der Waals surface area contributed by atoms with Gasteiger partial charge in [-0.2, -0.15) is 0 Å². The van der Waals surface area contributed by atoms with Crippen LogP contribution in [0.25, 0.3) is 11.1 Å². The minimum absolute atomic E-state index is 0.0402. The molecule has 0 fully saturated rings. The highest BCUT2D eigenvalue weighted by Gasteiger charge is 2.17. The first kappa shape index (κ1) is 20.2. The second-order valence-corrected chi connectivity index (χ2v) is 6.20. The summed E-state index contributed by atoms with van der Waals surface area (Å²) in [6, 6.07) is 9.26. The molecule has 29 heavy (non-hydrogen) atoms. The number of rotatable bonds is 3. The molecule has 0 amide bonds. The third kappa shape index (κ3) is 4.30. The minimum atomic E-state index is -0.991. The summed E-state index contributed by atoms with van der Waals surface area (Å²) in [6.45, 7) is 3.11. The van der Waals surface area contributed by atoms with Gasteiger partial charge in [-0.15, -0.1) is 5.92 Å². The van der Waals surface area contributed by atoms with Crippen molar-refractivity contribution in [3.8, 4) is 28.7 Å². The lowest BCUT2D eigenvalue weighted by atomic mass is 10.0.